The van der Waals surface area contributed by atoms with Gasteiger partial charge in [0.05, 0.1) is 12.0 Å². The zero-order chi connectivity index (χ0) is 18.4. The highest BCUT2D eigenvalue weighted by atomic mass is 32.2. The smallest absolute Gasteiger partial charge is 0.240 e. The summed E-state index contributed by atoms with van der Waals surface area (Å²) < 4.78 is 32.0. The molecule has 0 spiro atoms. The molecule has 0 atom stereocenters. The van der Waals surface area contributed by atoms with Gasteiger partial charge in [-0.3, -0.25) is 0 Å². The lowest BCUT2D eigenvalue weighted by atomic mass is 10.3. The summed E-state index contributed by atoms with van der Waals surface area (Å²) in [7, 11) is 1.77. The zero-order valence-corrected chi connectivity index (χ0v) is 15.6. The Morgan fingerprint density at radius 3 is 2.40 bits per heavy atom. The number of aryl methyl sites for hydroxylation is 1. The van der Waals surface area contributed by atoms with Crippen LogP contribution in [-0.2, 0) is 10.0 Å². The molecule has 0 unspecified atom stereocenters. The van der Waals surface area contributed by atoms with Crippen LogP contribution in [0.1, 0.15) is 5.82 Å². The molecule has 1 aromatic heterocycles. The Morgan fingerprint density at radius 1 is 1.12 bits per heavy atom. The number of nitrogens with zero attached hydrogens (tertiary/aromatic N) is 3. The van der Waals surface area contributed by atoms with Gasteiger partial charge in [-0.1, -0.05) is 0 Å². The molecule has 2 N–H and O–H groups in total. The molecule has 9 heteroatoms. The number of anilines is 2. The highest BCUT2D eigenvalue weighted by Gasteiger charge is 2.13. The van der Waals surface area contributed by atoms with Crippen molar-refractivity contribution in [3.63, 3.8) is 0 Å². The van der Waals surface area contributed by atoms with Crippen LogP contribution in [0.4, 0.5) is 11.6 Å². The summed E-state index contributed by atoms with van der Waals surface area (Å²) in [5.41, 5.74) is 0. The molecule has 25 heavy (non-hydrogen) atoms. The molecule has 0 fully saturated rings. The SMILES string of the molecule is COc1ccc(S(=O)(=O)NCCNc2cc(N(C)C)nc(C)n2)cc1. The highest BCUT2D eigenvalue weighted by Crippen LogP contribution is 2.15. The van der Waals surface area contributed by atoms with Gasteiger partial charge in [-0.25, -0.2) is 23.1 Å². The first-order valence-corrected chi connectivity index (χ1v) is 9.21. The first-order valence-electron chi connectivity index (χ1n) is 7.72. The number of ether oxygens (including phenoxy) is 1. The molecule has 0 amide bonds. The standard InChI is InChI=1S/C16H23N5O3S/c1-12-19-15(11-16(20-12)21(2)3)17-9-10-18-25(22,23)14-7-5-13(24-4)6-8-14/h5-8,11,18H,9-10H2,1-4H3,(H,17,19,20). The Morgan fingerprint density at radius 2 is 1.80 bits per heavy atom. The van der Waals surface area contributed by atoms with Gasteiger partial charge in [-0.2, -0.15) is 0 Å². The fourth-order valence-corrected chi connectivity index (χ4v) is 3.12. The highest BCUT2D eigenvalue weighted by molar-refractivity contribution is 7.89. The molecule has 2 aromatic rings. The monoisotopic (exact) mass is 365 g/mol. The van der Waals surface area contributed by atoms with Crippen molar-refractivity contribution >= 4 is 21.7 Å². The number of hydrogen-bond donors (Lipinski definition) is 2. The number of sulfonamides is 1. The molecule has 1 aromatic carbocycles. The van der Waals surface area contributed by atoms with Gasteiger partial charge in [-0.05, 0) is 31.2 Å². The first kappa shape index (κ1) is 18.9. The van der Waals surface area contributed by atoms with Gasteiger partial charge in [-0.15, -0.1) is 0 Å². The van der Waals surface area contributed by atoms with Gasteiger partial charge in [0.25, 0.3) is 0 Å². The number of rotatable bonds is 8. The van der Waals surface area contributed by atoms with Crippen molar-refractivity contribution < 1.29 is 13.2 Å². The molecule has 0 aliphatic carbocycles. The minimum Gasteiger partial charge on any atom is -0.497 e. The average molecular weight is 365 g/mol. The fraction of sp³-hybridized carbons (Fsp3) is 0.375. The first-order chi connectivity index (χ1) is 11.8. The third-order valence-electron chi connectivity index (χ3n) is 3.38. The largest absolute Gasteiger partial charge is 0.497 e. The van der Waals surface area contributed by atoms with Crippen LogP contribution in [0.25, 0.3) is 0 Å². The Balaban J connectivity index is 1.91. The van der Waals surface area contributed by atoms with E-state index >= 15 is 0 Å². The maximum Gasteiger partial charge on any atom is 0.240 e. The van der Waals surface area contributed by atoms with Gasteiger partial charge in [0.15, 0.2) is 0 Å². The van der Waals surface area contributed by atoms with Crippen LogP contribution in [0.5, 0.6) is 5.75 Å². The van der Waals surface area contributed by atoms with Gasteiger partial charge in [0.1, 0.15) is 23.2 Å². The van der Waals surface area contributed by atoms with Crippen molar-refractivity contribution in [2.75, 3.05) is 44.5 Å². The molecule has 2 rings (SSSR count). The van der Waals surface area contributed by atoms with Crippen LogP contribution >= 0.6 is 0 Å². The maximum atomic E-state index is 12.2. The van der Waals surface area contributed by atoms with E-state index in [-0.39, 0.29) is 11.4 Å². The predicted octanol–water partition coefficient (Wildman–Crippen LogP) is 1.25. The van der Waals surface area contributed by atoms with E-state index in [1.54, 1.807) is 12.1 Å². The summed E-state index contributed by atoms with van der Waals surface area (Å²) in [5.74, 6) is 2.69. The van der Waals surface area contributed by atoms with E-state index < -0.39 is 10.0 Å². The zero-order valence-electron chi connectivity index (χ0n) is 14.8. The second-order valence-corrected chi connectivity index (χ2v) is 7.32. The third-order valence-corrected chi connectivity index (χ3v) is 4.85. The summed E-state index contributed by atoms with van der Waals surface area (Å²) in [6.45, 7) is 2.44. The summed E-state index contributed by atoms with van der Waals surface area (Å²) in [4.78, 5) is 10.7. The normalized spacial score (nSPS) is 11.2. The van der Waals surface area contributed by atoms with Crippen LogP contribution in [0.3, 0.4) is 0 Å². The second kappa shape index (κ2) is 8.13. The van der Waals surface area contributed by atoms with E-state index in [1.165, 1.54) is 19.2 Å². The second-order valence-electron chi connectivity index (χ2n) is 5.55. The molecule has 0 radical (unpaired) electrons. The number of benzene rings is 1. The molecule has 1 heterocycles. The van der Waals surface area contributed by atoms with Crippen LogP contribution < -0.4 is 19.7 Å². The predicted molar refractivity (Wildman–Crippen MR) is 97.8 cm³/mol. The van der Waals surface area contributed by atoms with Crippen LogP contribution in [0, 0.1) is 6.92 Å². The molecule has 8 nitrogen and oxygen atoms in total. The van der Waals surface area contributed by atoms with Crippen LogP contribution in [0.15, 0.2) is 35.2 Å². The molecular formula is C16H23N5O3S. The van der Waals surface area contributed by atoms with E-state index in [4.69, 9.17) is 4.74 Å². The van der Waals surface area contributed by atoms with E-state index in [0.717, 1.165) is 5.82 Å². The summed E-state index contributed by atoms with van der Waals surface area (Å²) in [5, 5.41) is 3.10. The molecule has 0 saturated carbocycles. The van der Waals surface area contributed by atoms with E-state index in [9.17, 15) is 8.42 Å². The van der Waals surface area contributed by atoms with Gasteiger partial charge < -0.3 is 15.0 Å². The molecule has 0 saturated heterocycles. The quantitative estimate of drug-likeness (QED) is 0.680. The minimum atomic E-state index is -3.56. The summed E-state index contributed by atoms with van der Waals surface area (Å²) >= 11 is 0. The topological polar surface area (TPSA) is 96.5 Å². The lowest BCUT2D eigenvalue weighted by molar-refractivity contribution is 0.414. The van der Waals surface area contributed by atoms with E-state index in [2.05, 4.69) is 20.0 Å². The average Bonchev–Trinajstić information content (AvgIpc) is 2.58. The van der Waals surface area contributed by atoms with Gasteiger partial charge >= 0.3 is 0 Å². The van der Waals surface area contributed by atoms with Gasteiger partial charge in [0.2, 0.25) is 10.0 Å². The molecule has 0 aliphatic rings. The van der Waals surface area contributed by atoms with Crippen LogP contribution in [-0.4, -0.2) is 52.7 Å². The molecular weight excluding hydrogens is 342 g/mol. The third kappa shape index (κ3) is 5.30. The molecule has 0 aliphatic heterocycles. The number of nitrogens with one attached hydrogen (secondary N) is 2. The fourth-order valence-electron chi connectivity index (χ4n) is 2.09. The van der Waals surface area contributed by atoms with Crippen molar-refractivity contribution in [1.29, 1.82) is 0 Å². The van der Waals surface area contributed by atoms with Crippen LogP contribution in [0.2, 0.25) is 0 Å². The van der Waals surface area contributed by atoms with E-state index in [0.29, 0.717) is 23.9 Å². The molecule has 0 bridgehead atoms. The van der Waals surface area contributed by atoms with Crippen molar-refractivity contribution in [2.24, 2.45) is 0 Å². The minimum absolute atomic E-state index is 0.195. The number of methoxy groups -OCH3 is 1. The van der Waals surface area contributed by atoms with Crippen molar-refractivity contribution in [2.45, 2.75) is 11.8 Å². The van der Waals surface area contributed by atoms with Crippen molar-refractivity contribution in [1.82, 2.24) is 14.7 Å². The summed E-state index contributed by atoms with van der Waals surface area (Å²) in [6, 6.07) is 8.04. The lowest BCUT2D eigenvalue weighted by Crippen LogP contribution is -2.29. The van der Waals surface area contributed by atoms with Crippen molar-refractivity contribution in [3.8, 4) is 5.75 Å². The number of aromatic nitrogens is 2. The maximum absolute atomic E-state index is 12.2. The lowest BCUT2D eigenvalue weighted by Gasteiger charge is -2.14. The Hall–Kier alpha value is -2.39. The van der Waals surface area contributed by atoms with Gasteiger partial charge in [0, 0.05) is 33.3 Å². The van der Waals surface area contributed by atoms with Crippen molar-refractivity contribution in [3.05, 3.63) is 36.2 Å². The Labute approximate surface area is 148 Å². The molecule has 136 valence electrons. The van der Waals surface area contributed by atoms with E-state index in [1.807, 2.05) is 32.0 Å². The Kier molecular flexibility index (Phi) is 6.16. The number of hydrogen-bond acceptors (Lipinski definition) is 7. The Bertz CT molecular complexity index is 807. The summed E-state index contributed by atoms with van der Waals surface area (Å²) in [6.07, 6.45) is 0.